The molecule has 0 fully saturated rings. The van der Waals surface area contributed by atoms with Gasteiger partial charge in [0.2, 0.25) is 0 Å². The Morgan fingerprint density at radius 2 is 2.06 bits per heavy atom. The molecule has 86 valence electrons. The number of unbranched alkanes of at least 4 members (excludes halogenated alkanes) is 2. The van der Waals surface area contributed by atoms with Gasteiger partial charge >= 0.3 is 0 Å². The molecule has 0 N–H and O–H groups in total. The van der Waals surface area contributed by atoms with Crippen molar-refractivity contribution in [1.82, 2.24) is 0 Å². The first kappa shape index (κ1) is 12.6. The molecule has 1 aromatic rings. The highest BCUT2D eigenvalue weighted by atomic mass is 16.1. The molecule has 2 nitrogen and oxygen atoms in total. The van der Waals surface area contributed by atoms with Gasteiger partial charge in [0, 0.05) is 11.1 Å². The maximum Gasteiger partial charge on any atom is 0.160 e. The number of carbonyl (C=O) groups excluding carboxylic acids is 2. The van der Waals surface area contributed by atoms with E-state index in [2.05, 4.69) is 6.92 Å². The van der Waals surface area contributed by atoms with Crippen LogP contribution in [0.25, 0.3) is 0 Å². The lowest BCUT2D eigenvalue weighted by Gasteiger charge is -2.08. The summed E-state index contributed by atoms with van der Waals surface area (Å²) in [6.07, 6.45) is 5.02. The third kappa shape index (κ3) is 3.02. The Hall–Kier alpha value is -1.44. The van der Waals surface area contributed by atoms with E-state index in [0.29, 0.717) is 11.1 Å². The van der Waals surface area contributed by atoms with E-state index >= 15 is 0 Å². The molecule has 0 heterocycles. The number of hydrogen-bond donors (Lipinski definition) is 0. The van der Waals surface area contributed by atoms with Gasteiger partial charge in [-0.05, 0) is 25.3 Å². The lowest BCUT2D eigenvalue weighted by atomic mass is 9.95. The number of rotatable bonds is 6. The molecular formula is C14H18O2. The van der Waals surface area contributed by atoms with Gasteiger partial charge in [0.05, 0.1) is 0 Å². The molecule has 0 aliphatic carbocycles. The molecule has 1 rings (SSSR count). The second-order valence-electron chi connectivity index (χ2n) is 4.01. The first-order valence-electron chi connectivity index (χ1n) is 5.78. The number of aldehydes is 1. The highest BCUT2D eigenvalue weighted by Gasteiger charge is 2.11. The Morgan fingerprint density at radius 1 is 1.31 bits per heavy atom. The topological polar surface area (TPSA) is 34.1 Å². The molecule has 0 atom stereocenters. The predicted molar refractivity (Wildman–Crippen MR) is 65.1 cm³/mol. The van der Waals surface area contributed by atoms with E-state index in [4.69, 9.17) is 0 Å². The summed E-state index contributed by atoms with van der Waals surface area (Å²) >= 11 is 0. The van der Waals surface area contributed by atoms with Gasteiger partial charge in [-0.1, -0.05) is 38.0 Å². The second-order valence-corrected chi connectivity index (χ2v) is 4.01. The van der Waals surface area contributed by atoms with Crippen LogP contribution >= 0.6 is 0 Å². The van der Waals surface area contributed by atoms with Crippen LogP contribution < -0.4 is 0 Å². The molecule has 0 saturated heterocycles. The van der Waals surface area contributed by atoms with Crippen LogP contribution in [0.15, 0.2) is 18.2 Å². The largest absolute Gasteiger partial charge is 0.298 e. The number of hydrogen-bond acceptors (Lipinski definition) is 2. The summed E-state index contributed by atoms with van der Waals surface area (Å²) in [5.41, 5.74) is 2.13. The van der Waals surface area contributed by atoms with Crippen molar-refractivity contribution in [2.45, 2.75) is 39.5 Å². The van der Waals surface area contributed by atoms with Crippen LogP contribution in [0, 0.1) is 0 Å². The third-order valence-corrected chi connectivity index (χ3v) is 2.71. The van der Waals surface area contributed by atoms with E-state index in [1.54, 1.807) is 6.07 Å². The molecule has 1 aromatic carbocycles. The van der Waals surface area contributed by atoms with Crippen molar-refractivity contribution in [3.63, 3.8) is 0 Å². The van der Waals surface area contributed by atoms with Gasteiger partial charge in [0.15, 0.2) is 12.1 Å². The summed E-state index contributed by atoms with van der Waals surface area (Å²) in [6.45, 7) is 3.67. The Morgan fingerprint density at radius 3 is 2.62 bits per heavy atom. The maximum absolute atomic E-state index is 11.5. The van der Waals surface area contributed by atoms with Crippen molar-refractivity contribution in [2.24, 2.45) is 0 Å². The summed E-state index contributed by atoms with van der Waals surface area (Å²) in [7, 11) is 0. The smallest absolute Gasteiger partial charge is 0.160 e. The first-order chi connectivity index (χ1) is 7.70. The number of Topliss-reactive ketones (excluding diaryl/α,β-unsaturated/α-hetero) is 1. The van der Waals surface area contributed by atoms with Crippen molar-refractivity contribution in [2.75, 3.05) is 0 Å². The maximum atomic E-state index is 11.5. The van der Waals surface area contributed by atoms with Crippen LogP contribution in [-0.4, -0.2) is 12.1 Å². The van der Waals surface area contributed by atoms with Crippen molar-refractivity contribution in [3.05, 3.63) is 34.9 Å². The molecule has 0 aliphatic heterocycles. The monoisotopic (exact) mass is 218 g/mol. The fourth-order valence-corrected chi connectivity index (χ4v) is 1.92. The molecule has 0 spiro atoms. The minimum atomic E-state index is -0.0193. The Kier molecular flexibility index (Phi) is 4.90. The molecule has 0 unspecified atom stereocenters. The van der Waals surface area contributed by atoms with Crippen LogP contribution in [0.3, 0.4) is 0 Å². The van der Waals surface area contributed by atoms with Crippen LogP contribution in [0.5, 0.6) is 0 Å². The van der Waals surface area contributed by atoms with Gasteiger partial charge in [-0.3, -0.25) is 9.59 Å². The van der Waals surface area contributed by atoms with E-state index in [0.717, 1.165) is 37.5 Å². The van der Waals surface area contributed by atoms with E-state index < -0.39 is 0 Å². The zero-order valence-electron chi connectivity index (χ0n) is 9.95. The fraction of sp³-hybridized carbons (Fsp3) is 0.429. The molecule has 16 heavy (non-hydrogen) atoms. The van der Waals surface area contributed by atoms with Crippen molar-refractivity contribution in [1.29, 1.82) is 0 Å². The van der Waals surface area contributed by atoms with Crippen LogP contribution in [0.2, 0.25) is 0 Å². The Labute approximate surface area is 96.7 Å². The van der Waals surface area contributed by atoms with Crippen LogP contribution in [0.1, 0.15) is 59.4 Å². The molecule has 0 radical (unpaired) electrons. The first-order valence-corrected chi connectivity index (χ1v) is 5.78. The van der Waals surface area contributed by atoms with Crippen LogP contribution in [-0.2, 0) is 6.42 Å². The molecule has 0 aromatic heterocycles. The lowest BCUT2D eigenvalue weighted by molar-refractivity contribution is 0.100. The SMILES string of the molecule is CCCCCc1cccc(C=O)c1C(C)=O. The van der Waals surface area contributed by atoms with Crippen molar-refractivity contribution < 1.29 is 9.59 Å². The van der Waals surface area contributed by atoms with Gasteiger partial charge in [-0.2, -0.15) is 0 Å². The number of aryl methyl sites for hydroxylation is 1. The minimum absolute atomic E-state index is 0.0193. The molecule has 2 heteroatoms. The minimum Gasteiger partial charge on any atom is -0.298 e. The number of carbonyl (C=O) groups is 2. The molecule has 0 bridgehead atoms. The van der Waals surface area contributed by atoms with Gasteiger partial charge in [0.25, 0.3) is 0 Å². The lowest BCUT2D eigenvalue weighted by Crippen LogP contribution is -2.04. The average molecular weight is 218 g/mol. The summed E-state index contributed by atoms with van der Waals surface area (Å²) in [5.74, 6) is -0.0193. The Bertz CT molecular complexity index is 380. The number of ketones is 1. The van der Waals surface area contributed by atoms with Gasteiger partial charge in [0.1, 0.15) is 0 Å². The van der Waals surface area contributed by atoms with Crippen molar-refractivity contribution in [3.8, 4) is 0 Å². The fourth-order valence-electron chi connectivity index (χ4n) is 1.92. The summed E-state index contributed by atoms with van der Waals surface area (Å²) in [6, 6.07) is 5.49. The quantitative estimate of drug-likeness (QED) is 0.416. The summed E-state index contributed by atoms with van der Waals surface area (Å²) in [5, 5.41) is 0. The van der Waals surface area contributed by atoms with E-state index in [1.165, 1.54) is 6.92 Å². The standard InChI is InChI=1S/C14H18O2/c1-3-4-5-7-12-8-6-9-13(10-15)14(12)11(2)16/h6,8-10H,3-5,7H2,1-2H3. The average Bonchev–Trinajstić information content (AvgIpc) is 2.28. The van der Waals surface area contributed by atoms with Gasteiger partial charge < -0.3 is 0 Å². The Balaban J connectivity index is 2.98. The zero-order chi connectivity index (χ0) is 12.0. The third-order valence-electron chi connectivity index (χ3n) is 2.71. The molecule has 0 amide bonds. The van der Waals surface area contributed by atoms with E-state index in [-0.39, 0.29) is 5.78 Å². The van der Waals surface area contributed by atoms with Crippen LogP contribution in [0.4, 0.5) is 0 Å². The van der Waals surface area contributed by atoms with E-state index in [1.807, 2.05) is 12.1 Å². The molecule has 0 aliphatic rings. The van der Waals surface area contributed by atoms with Gasteiger partial charge in [-0.25, -0.2) is 0 Å². The molecular weight excluding hydrogens is 200 g/mol. The van der Waals surface area contributed by atoms with Gasteiger partial charge in [-0.15, -0.1) is 0 Å². The van der Waals surface area contributed by atoms with E-state index in [9.17, 15) is 9.59 Å². The molecule has 0 saturated carbocycles. The second kappa shape index (κ2) is 6.21. The highest BCUT2D eigenvalue weighted by molar-refractivity contribution is 6.02. The predicted octanol–water partition coefficient (Wildman–Crippen LogP) is 3.43. The van der Waals surface area contributed by atoms with Crippen molar-refractivity contribution >= 4 is 12.1 Å². The zero-order valence-corrected chi connectivity index (χ0v) is 9.95. The summed E-state index contributed by atoms with van der Waals surface area (Å²) < 4.78 is 0. The summed E-state index contributed by atoms with van der Waals surface area (Å²) in [4.78, 5) is 22.4. The highest BCUT2D eigenvalue weighted by Crippen LogP contribution is 2.17. The normalized spacial score (nSPS) is 10.1. The number of benzene rings is 1.